The molecule has 28 heavy (non-hydrogen) atoms. The van der Waals surface area contributed by atoms with Crippen molar-refractivity contribution in [3.63, 3.8) is 0 Å². The number of carbonyl (C=O) groups excluding carboxylic acids is 2. The third-order valence-electron chi connectivity index (χ3n) is 4.76. The van der Waals surface area contributed by atoms with E-state index >= 15 is 0 Å². The van der Waals surface area contributed by atoms with Crippen molar-refractivity contribution < 1.29 is 27.5 Å². The van der Waals surface area contributed by atoms with Crippen LogP contribution in [0, 0.1) is 11.3 Å². The van der Waals surface area contributed by atoms with Crippen LogP contribution in [0.2, 0.25) is 0 Å². The second-order valence-electron chi connectivity index (χ2n) is 8.56. The van der Waals surface area contributed by atoms with Crippen LogP contribution in [0.3, 0.4) is 0 Å². The molecule has 1 atom stereocenters. The number of halogens is 3. The first-order valence-corrected chi connectivity index (χ1v) is 9.23. The summed E-state index contributed by atoms with van der Waals surface area (Å²) in [5.74, 6) is -0.972. The van der Waals surface area contributed by atoms with Gasteiger partial charge in [-0.2, -0.15) is 13.2 Å². The molecule has 0 N–H and O–H groups in total. The fourth-order valence-corrected chi connectivity index (χ4v) is 2.95. The van der Waals surface area contributed by atoms with Crippen LogP contribution in [0.1, 0.15) is 62.0 Å². The molecular formula is C20H27F3N2O3. The van der Waals surface area contributed by atoms with Gasteiger partial charge in [-0.1, -0.05) is 20.8 Å². The Morgan fingerprint density at radius 1 is 1.25 bits per heavy atom. The lowest BCUT2D eigenvalue weighted by atomic mass is 9.76. The molecule has 1 aromatic heterocycles. The summed E-state index contributed by atoms with van der Waals surface area (Å²) in [6.45, 7) is 4.18. The number of pyridine rings is 1. The van der Waals surface area contributed by atoms with Gasteiger partial charge in [0.1, 0.15) is 11.4 Å². The molecule has 0 saturated heterocycles. The number of amides is 1. The maximum absolute atomic E-state index is 12.8. The molecule has 1 amide bonds. The lowest BCUT2D eigenvalue weighted by Crippen LogP contribution is -2.38. The molecule has 1 aliphatic carbocycles. The molecule has 1 heterocycles. The van der Waals surface area contributed by atoms with Crippen LogP contribution in [-0.2, 0) is 4.79 Å². The Morgan fingerprint density at radius 2 is 1.86 bits per heavy atom. The molecule has 1 fully saturated rings. The van der Waals surface area contributed by atoms with Crippen molar-refractivity contribution in [2.45, 2.75) is 52.1 Å². The van der Waals surface area contributed by atoms with Crippen LogP contribution in [0.15, 0.2) is 12.3 Å². The third kappa shape index (κ3) is 5.94. The Bertz CT molecular complexity index is 735. The molecule has 1 aliphatic rings. The van der Waals surface area contributed by atoms with E-state index in [1.807, 2.05) is 20.8 Å². The topological polar surface area (TPSA) is 59.5 Å². The number of rotatable bonds is 7. The lowest BCUT2D eigenvalue weighted by molar-refractivity contribution is -0.153. The van der Waals surface area contributed by atoms with Gasteiger partial charge in [0, 0.05) is 38.3 Å². The van der Waals surface area contributed by atoms with Crippen molar-refractivity contribution in [3.8, 4) is 5.75 Å². The predicted molar refractivity (Wildman–Crippen MR) is 98.3 cm³/mol. The van der Waals surface area contributed by atoms with Crippen molar-refractivity contribution in [1.82, 2.24) is 9.88 Å². The summed E-state index contributed by atoms with van der Waals surface area (Å²) in [6, 6.07) is 1.28. The van der Waals surface area contributed by atoms with E-state index in [0.717, 1.165) is 12.8 Å². The number of carbonyl (C=O) groups is 2. The quantitative estimate of drug-likeness (QED) is 0.643. The number of Topliss-reactive ketones (excluding diaryl/α,β-unsaturated/α-hetero) is 1. The van der Waals surface area contributed by atoms with Crippen LogP contribution in [0.25, 0.3) is 0 Å². The van der Waals surface area contributed by atoms with E-state index in [1.54, 1.807) is 14.1 Å². The van der Waals surface area contributed by atoms with Gasteiger partial charge in [0.05, 0.1) is 5.92 Å². The number of ether oxygens (including phenoxy) is 1. The molecule has 5 nitrogen and oxygen atoms in total. The van der Waals surface area contributed by atoms with Crippen molar-refractivity contribution >= 4 is 11.7 Å². The summed E-state index contributed by atoms with van der Waals surface area (Å²) in [6.07, 6.45) is -1.39. The Balaban J connectivity index is 2.25. The molecule has 1 aromatic rings. The highest BCUT2D eigenvalue weighted by molar-refractivity contribution is 5.97. The normalized spacial score (nSPS) is 15.9. The minimum atomic E-state index is -4.47. The van der Waals surface area contributed by atoms with Crippen molar-refractivity contribution in [2.24, 2.45) is 11.3 Å². The average molecular weight is 400 g/mol. The highest BCUT2D eigenvalue weighted by atomic mass is 19.4. The first-order chi connectivity index (χ1) is 12.8. The van der Waals surface area contributed by atoms with E-state index in [1.165, 1.54) is 17.2 Å². The Labute approximate surface area is 163 Å². The second kappa shape index (κ2) is 8.09. The SMILES string of the molecule is CN(C)C(=O)C(CC(=O)c1cc(OCC(F)(F)F)c(C2CC2)cn1)C(C)(C)C. The highest BCUT2D eigenvalue weighted by Gasteiger charge is 2.36. The standard InChI is InChI=1S/C20H27F3N2O3/c1-19(2,3)14(18(27)25(4)5)8-16(26)15-9-17(28-11-20(21,22)23)13(10-24-15)12-6-7-12/h9-10,12,14H,6-8,11H2,1-5H3. The number of nitrogens with zero attached hydrogens (tertiary/aromatic N) is 2. The Hall–Kier alpha value is -2.12. The van der Waals surface area contributed by atoms with Gasteiger partial charge in [0.2, 0.25) is 5.91 Å². The van der Waals surface area contributed by atoms with Crippen LogP contribution < -0.4 is 4.74 Å². The van der Waals surface area contributed by atoms with Gasteiger partial charge in [-0.05, 0) is 24.2 Å². The summed E-state index contributed by atoms with van der Waals surface area (Å²) in [7, 11) is 3.24. The van der Waals surface area contributed by atoms with Gasteiger partial charge >= 0.3 is 6.18 Å². The van der Waals surface area contributed by atoms with Gasteiger partial charge < -0.3 is 9.64 Å². The molecule has 0 spiro atoms. The largest absolute Gasteiger partial charge is 0.484 e. The van der Waals surface area contributed by atoms with E-state index in [-0.39, 0.29) is 29.7 Å². The van der Waals surface area contributed by atoms with Crippen molar-refractivity contribution in [3.05, 3.63) is 23.5 Å². The lowest BCUT2D eigenvalue weighted by Gasteiger charge is -2.31. The third-order valence-corrected chi connectivity index (χ3v) is 4.76. The molecule has 0 bridgehead atoms. The number of hydrogen-bond acceptors (Lipinski definition) is 4. The van der Waals surface area contributed by atoms with Gasteiger partial charge in [-0.3, -0.25) is 14.6 Å². The minimum absolute atomic E-state index is 0.0161. The van der Waals surface area contributed by atoms with E-state index in [4.69, 9.17) is 4.74 Å². The van der Waals surface area contributed by atoms with Crippen LogP contribution in [0.4, 0.5) is 13.2 Å². The van der Waals surface area contributed by atoms with Crippen molar-refractivity contribution in [1.29, 1.82) is 0 Å². The molecule has 1 unspecified atom stereocenters. The summed E-state index contributed by atoms with van der Waals surface area (Å²) in [5, 5.41) is 0. The maximum atomic E-state index is 12.8. The zero-order chi connectivity index (χ0) is 21.3. The van der Waals surface area contributed by atoms with Crippen molar-refractivity contribution in [2.75, 3.05) is 20.7 Å². The minimum Gasteiger partial charge on any atom is -0.484 e. The molecule has 8 heteroatoms. The number of aromatic nitrogens is 1. The van der Waals surface area contributed by atoms with E-state index in [2.05, 4.69) is 4.98 Å². The summed E-state index contributed by atoms with van der Waals surface area (Å²) in [4.78, 5) is 30.8. The Kier molecular flexibility index (Phi) is 6.41. The number of alkyl halides is 3. The first-order valence-electron chi connectivity index (χ1n) is 9.23. The number of hydrogen-bond donors (Lipinski definition) is 0. The fourth-order valence-electron chi connectivity index (χ4n) is 2.95. The van der Waals surface area contributed by atoms with Crippen LogP contribution in [-0.4, -0.2) is 48.5 Å². The van der Waals surface area contributed by atoms with Gasteiger partial charge in [0.25, 0.3) is 0 Å². The van der Waals surface area contributed by atoms with Gasteiger partial charge in [-0.25, -0.2) is 0 Å². The molecule has 156 valence electrons. The van der Waals surface area contributed by atoms with E-state index < -0.39 is 29.9 Å². The van der Waals surface area contributed by atoms with Gasteiger partial charge in [0.15, 0.2) is 12.4 Å². The van der Waals surface area contributed by atoms with Crippen LogP contribution in [0.5, 0.6) is 5.75 Å². The predicted octanol–water partition coefficient (Wildman–Crippen LogP) is 4.22. The molecule has 0 aromatic carbocycles. The Morgan fingerprint density at radius 3 is 2.32 bits per heavy atom. The average Bonchev–Trinajstić information content (AvgIpc) is 3.39. The first kappa shape index (κ1) is 22.2. The smallest absolute Gasteiger partial charge is 0.422 e. The molecular weight excluding hydrogens is 373 g/mol. The summed E-state index contributed by atoms with van der Waals surface area (Å²) >= 11 is 0. The second-order valence-corrected chi connectivity index (χ2v) is 8.56. The van der Waals surface area contributed by atoms with E-state index in [9.17, 15) is 22.8 Å². The fraction of sp³-hybridized carbons (Fsp3) is 0.650. The van der Waals surface area contributed by atoms with Gasteiger partial charge in [-0.15, -0.1) is 0 Å². The zero-order valence-electron chi connectivity index (χ0n) is 16.9. The van der Waals surface area contributed by atoms with Crippen LogP contribution >= 0.6 is 0 Å². The molecule has 0 radical (unpaired) electrons. The molecule has 1 saturated carbocycles. The summed E-state index contributed by atoms with van der Waals surface area (Å²) < 4.78 is 42.7. The monoisotopic (exact) mass is 400 g/mol. The molecule has 0 aliphatic heterocycles. The maximum Gasteiger partial charge on any atom is 0.422 e. The number of ketones is 1. The summed E-state index contributed by atoms with van der Waals surface area (Å²) in [5.41, 5.74) is 0.153. The molecule has 2 rings (SSSR count). The highest BCUT2D eigenvalue weighted by Crippen LogP contribution is 2.44. The van der Waals surface area contributed by atoms with E-state index in [0.29, 0.717) is 5.56 Å². The zero-order valence-corrected chi connectivity index (χ0v) is 16.9.